The highest BCUT2D eigenvalue weighted by Crippen LogP contribution is 2.35. The highest BCUT2D eigenvalue weighted by molar-refractivity contribution is 5.92. The van der Waals surface area contributed by atoms with Crippen molar-refractivity contribution in [2.45, 2.75) is 90.6 Å². The molecule has 11 nitrogen and oxygen atoms in total. The lowest BCUT2D eigenvalue weighted by Gasteiger charge is -2.28. The Morgan fingerprint density at radius 3 is 2.57 bits per heavy atom. The van der Waals surface area contributed by atoms with E-state index in [9.17, 15) is 14.4 Å². The second-order valence-electron chi connectivity index (χ2n) is 14.2. The number of carbonyl (C=O) groups is 3. The monoisotopic (exact) mass is 723 g/mol. The topological polar surface area (TPSA) is 145 Å². The van der Waals surface area contributed by atoms with Gasteiger partial charge in [-0.05, 0) is 72.6 Å². The summed E-state index contributed by atoms with van der Waals surface area (Å²) in [6.07, 6.45) is 8.14. The van der Waals surface area contributed by atoms with Gasteiger partial charge in [0, 0.05) is 43.1 Å². The van der Waals surface area contributed by atoms with Crippen LogP contribution >= 0.6 is 0 Å². The van der Waals surface area contributed by atoms with E-state index in [2.05, 4.69) is 45.5 Å². The highest BCUT2D eigenvalue weighted by atomic mass is 19.1. The fraction of sp³-hybridized carbons (Fsp3) is 0.439. The Balaban J connectivity index is 1.12. The van der Waals surface area contributed by atoms with Gasteiger partial charge < -0.3 is 30.2 Å². The number of benzene rings is 3. The van der Waals surface area contributed by atoms with Crippen molar-refractivity contribution in [2.75, 3.05) is 20.2 Å². The smallest absolute Gasteiger partial charge is 0.407 e. The number of aryl methyl sites for hydroxylation is 1. The number of ether oxygens (including phenoxy) is 1. The first kappa shape index (κ1) is 37.5. The molecule has 53 heavy (non-hydrogen) atoms. The molecule has 0 radical (unpaired) electrons. The summed E-state index contributed by atoms with van der Waals surface area (Å²) in [6, 6.07) is 14.3. The summed E-state index contributed by atoms with van der Waals surface area (Å²) in [5.74, 6) is 1.50. The summed E-state index contributed by atoms with van der Waals surface area (Å²) in [5.41, 5.74) is 4.31. The molecule has 4 N–H and O–H groups in total. The maximum atomic E-state index is 15.7. The number of likely N-dealkylation sites (tertiary alicyclic amines) is 1. The number of methoxy groups -OCH3 is 1. The van der Waals surface area contributed by atoms with Gasteiger partial charge >= 0.3 is 6.09 Å². The van der Waals surface area contributed by atoms with Crippen molar-refractivity contribution >= 4 is 39.7 Å². The number of hydrogen-bond acceptors (Lipinski definition) is 6. The zero-order chi connectivity index (χ0) is 37.5. The van der Waals surface area contributed by atoms with Gasteiger partial charge in [0.2, 0.25) is 11.8 Å². The molecule has 280 valence electrons. The van der Waals surface area contributed by atoms with E-state index in [-0.39, 0.29) is 23.7 Å². The van der Waals surface area contributed by atoms with Gasteiger partial charge in [0.25, 0.3) is 0 Å². The molecule has 2 aromatic heterocycles. The molecule has 1 saturated heterocycles. The molecule has 1 aliphatic heterocycles. The van der Waals surface area contributed by atoms with Gasteiger partial charge in [-0.2, -0.15) is 0 Å². The summed E-state index contributed by atoms with van der Waals surface area (Å²) in [4.78, 5) is 55.3. The Labute approximate surface area is 309 Å². The molecule has 3 atom stereocenters. The Kier molecular flexibility index (Phi) is 12.1. The number of unbranched alkanes of at least 4 members (excludes halogenated alkanes) is 1. The Bertz CT molecular complexity index is 2070. The van der Waals surface area contributed by atoms with Crippen molar-refractivity contribution in [1.29, 1.82) is 0 Å². The van der Waals surface area contributed by atoms with Gasteiger partial charge in [0.1, 0.15) is 23.5 Å². The van der Waals surface area contributed by atoms with Crippen LogP contribution in [0.15, 0.2) is 54.7 Å². The molecule has 0 bridgehead atoms. The van der Waals surface area contributed by atoms with Crippen LogP contribution in [-0.2, 0) is 20.7 Å². The van der Waals surface area contributed by atoms with Gasteiger partial charge in [-0.1, -0.05) is 57.9 Å². The van der Waals surface area contributed by atoms with Crippen LogP contribution in [0.2, 0.25) is 0 Å². The molecule has 1 aliphatic rings. The number of fused-ring (bicyclic) bond motifs is 2. The van der Waals surface area contributed by atoms with E-state index in [4.69, 9.17) is 9.72 Å². The Morgan fingerprint density at radius 2 is 1.81 bits per heavy atom. The Hall–Kier alpha value is -5.26. The van der Waals surface area contributed by atoms with Crippen molar-refractivity contribution in [1.82, 2.24) is 35.5 Å². The van der Waals surface area contributed by atoms with E-state index >= 15 is 4.39 Å². The van der Waals surface area contributed by atoms with Crippen molar-refractivity contribution in [2.24, 2.45) is 5.92 Å². The molecule has 12 heteroatoms. The van der Waals surface area contributed by atoms with E-state index in [0.29, 0.717) is 60.7 Å². The summed E-state index contributed by atoms with van der Waals surface area (Å²) in [7, 11) is 1.28. The molecule has 6 rings (SSSR count). The molecule has 5 aromatic rings. The standard InChI is InChI=1S/C41H50FN7O4/c1-5-10-32(48-41(52)53-4)40(51)49-18-9-11-36(49)39-46-33-22-30(31(42)23-34(33)47-39)28-15-13-27-21-29(16-14-26(27)20-28)35-24-44-37(45-35)12-7-8-17-43-38(50)19-25(3)6-2/h13-16,20-25,32,36H,5-12,17-19H2,1-4H3,(H,43,50)(H,44,45)(H,46,47)(H,48,52). The van der Waals surface area contributed by atoms with E-state index in [1.54, 1.807) is 11.0 Å². The average molecular weight is 724 g/mol. The zero-order valence-corrected chi connectivity index (χ0v) is 31.1. The summed E-state index contributed by atoms with van der Waals surface area (Å²) in [5, 5.41) is 7.69. The summed E-state index contributed by atoms with van der Waals surface area (Å²) < 4.78 is 20.4. The molecule has 3 heterocycles. The quantitative estimate of drug-likeness (QED) is 0.0807. The van der Waals surface area contributed by atoms with Gasteiger partial charge in [-0.15, -0.1) is 0 Å². The Morgan fingerprint density at radius 1 is 1.04 bits per heavy atom. The van der Waals surface area contributed by atoms with Gasteiger partial charge in [0.15, 0.2) is 0 Å². The largest absolute Gasteiger partial charge is 0.453 e. The number of nitrogens with one attached hydrogen (secondary N) is 4. The van der Waals surface area contributed by atoms with Gasteiger partial charge in [0.05, 0.1) is 36.1 Å². The number of H-pyrrole nitrogens is 2. The lowest BCUT2D eigenvalue weighted by atomic mass is 9.98. The van der Waals surface area contributed by atoms with Gasteiger partial charge in [-0.25, -0.2) is 19.2 Å². The molecular weight excluding hydrogens is 673 g/mol. The fourth-order valence-electron chi connectivity index (χ4n) is 7.09. The number of aromatic nitrogens is 4. The van der Waals surface area contributed by atoms with Crippen LogP contribution in [0.5, 0.6) is 0 Å². The van der Waals surface area contributed by atoms with Crippen molar-refractivity contribution in [3.05, 3.63) is 72.2 Å². The van der Waals surface area contributed by atoms with Crippen LogP contribution in [0.3, 0.4) is 0 Å². The first-order valence-corrected chi connectivity index (χ1v) is 18.9. The first-order chi connectivity index (χ1) is 25.7. The number of hydrogen-bond donors (Lipinski definition) is 4. The maximum absolute atomic E-state index is 15.7. The third-order valence-electron chi connectivity index (χ3n) is 10.3. The number of imidazole rings is 2. The van der Waals surface area contributed by atoms with Crippen LogP contribution in [0.1, 0.15) is 89.8 Å². The molecule has 0 saturated carbocycles. The minimum atomic E-state index is -0.691. The molecule has 0 spiro atoms. The van der Waals surface area contributed by atoms with E-state index in [1.807, 2.05) is 43.5 Å². The molecular formula is C41H50FN7O4. The molecule has 0 aliphatic carbocycles. The molecule has 3 amide bonds. The number of halogens is 1. The summed E-state index contributed by atoms with van der Waals surface area (Å²) in [6.45, 7) is 7.38. The lowest BCUT2D eigenvalue weighted by molar-refractivity contribution is -0.134. The van der Waals surface area contributed by atoms with Crippen LogP contribution in [0.25, 0.3) is 44.2 Å². The molecule has 3 unspecified atom stereocenters. The third kappa shape index (κ3) is 8.86. The van der Waals surface area contributed by atoms with Crippen molar-refractivity contribution in [3.8, 4) is 22.4 Å². The molecule has 3 aromatic carbocycles. The minimum absolute atomic E-state index is 0.122. The molecule has 1 fully saturated rings. The number of aromatic amines is 2. The van der Waals surface area contributed by atoms with Crippen LogP contribution < -0.4 is 10.6 Å². The van der Waals surface area contributed by atoms with Gasteiger partial charge in [-0.3, -0.25) is 9.59 Å². The van der Waals surface area contributed by atoms with E-state index in [0.717, 1.165) is 71.9 Å². The highest BCUT2D eigenvalue weighted by Gasteiger charge is 2.36. The first-order valence-electron chi connectivity index (χ1n) is 18.9. The number of carbonyl (C=O) groups excluding carboxylic acids is 3. The predicted octanol–water partition coefficient (Wildman–Crippen LogP) is 7.98. The number of rotatable bonds is 15. The van der Waals surface area contributed by atoms with Crippen LogP contribution in [0, 0.1) is 11.7 Å². The second kappa shape index (κ2) is 17.0. The number of alkyl carbamates (subject to hydrolysis) is 1. The normalized spacial score (nSPS) is 15.5. The number of amides is 3. The minimum Gasteiger partial charge on any atom is -0.453 e. The van der Waals surface area contributed by atoms with Crippen molar-refractivity contribution in [3.63, 3.8) is 0 Å². The van der Waals surface area contributed by atoms with Crippen LogP contribution in [0.4, 0.5) is 9.18 Å². The van der Waals surface area contributed by atoms with E-state index in [1.165, 1.54) is 13.2 Å². The number of nitrogens with zero attached hydrogens (tertiary/aromatic N) is 3. The van der Waals surface area contributed by atoms with Crippen LogP contribution in [-0.4, -0.2) is 69.0 Å². The SMILES string of the molecule is CCCC(NC(=O)OC)C(=O)N1CCCC1c1nc2cc(-c3ccc4cc(-c5cnc(CCCCNC(=O)CC(C)CC)[nH]5)ccc4c3)c(F)cc2[nH]1. The van der Waals surface area contributed by atoms with E-state index < -0.39 is 12.1 Å². The zero-order valence-electron chi connectivity index (χ0n) is 31.1. The van der Waals surface area contributed by atoms with Crippen molar-refractivity contribution < 1.29 is 23.5 Å². The maximum Gasteiger partial charge on any atom is 0.407 e. The average Bonchev–Trinajstić information content (AvgIpc) is 3.93. The summed E-state index contributed by atoms with van der Waals surface area (Å²) >= 11 is 0. The second-order valence-corrected chi connectivity index (χ2v) is 14.2. The lowest BCUT2D eigenvalue weighted by Crippen LogP contribution is -2.48. The third-order valence-corrected chi connectivity index (χ3v) is 10.3. The predicted molar refractivity (Wildman–Crippen MR) is 205 cm³/mol. The fourth-order valence-corrected chi connectivity index (χ4v) is 7.09.